The first kappa shape index (κ1) is 37.1. The lowest BCUT2D eigenvalue weighted by molar-refractivity contribution is -0.148. The van der Waals surface area contributed by atoms with E-state index in [-0.39, 0.29) is 49.9 Å². The van der Waals surface area contributed by atoms with E-state index >= 15 is 0 Å². The van der Waals surface area contributed by atoms with E-state index in [1.54, 1.807) is 25.3 Å². The van der Waals surface area contributed by atoms with Crippen LogP contribution in [0.2, 0.25) is 5.02 Å². The predicted molar refractivity (Wildman–Crippen MR) is 196 cm³/mol. The lowest BCUT2D eigenvalue weighted by atomic mass is 9.68. The molecule has 12 nitrogen and oxygen atoms in total. The molecule has 2 aromatic rings. The number of nitrogens with one attached hydrogen (secondary N) is 1. The predicted octanol–water partition coefficient (Wildman–Crippen LogP) is 3.01. The number of anilines is 1. The monoisotopic (exact) mass is 756 g/mol. The van der Waals surface area contributed by atoms with Crippen LogP contribution in [-0.2, 0) is 37.2 Å². The van der Waals surface area contributed by atoms with Crippen LogP contribution >= 0.6 is 11.6 Å². The van der Waals surface area contributed by atoms with Crippen LogP contribution in [0.1, 0.15) is 68.1 Å². The Hall–Kier alpha value is -3.20. The highest BCUT2D eigenvalue weighted by Crippen LogP contribution is 2.47. The summed E-state index contributed by atoms with van der Waals surface area (Å²) < 4.78 is 36.6. The van der Waals surface area contributed by atoms with Gasteiger partial charge < -0.3 is 29.9 Å². The fraction of sp³-hybridized carbons (Fsp3) is 0.579. The quantitative estimate of drug-likeness (QED) is 0.346. The Kier molecular flexibility index (Phi) is 10.4. The Morgan fingerprint density at radius 2 is 1.85 bits per heavy atom. The smallest absolute Gasteiger partial charge is 0.303 e. The average Bonchev–Trinajstić information content (AvgIpc) is 3.24. The third-order valence-electron chi connectivity index (χ3n) is 12.0. The van der Waals surface area contributed by atoms with Gasteiger partial charge in [0.05, 0.1) is 30.9 Å². The van der Waals surface area contributed by atoms with E-state index in [0.29, 0.717) is 42.6 Å². The first-order valence-corrected chi connectivity index (χ1v) is 20.2. The van der Waals surface area contributed by atoms with Crippen molar-refractivity contribution < 1.29 is 38.1 Å². The van der Waals surface area contributed by atoms with Crippen molar-refractivity contribution in [2.24, 2.45) is 11.8 Å². The summed E-state index contributed by atoms with van der Waals surface area (Å²) in [5.41, 5.74) is 0.0954. The summed E-state index contributed by atoms with van der Waals surface area (Å²) in [6.45, 7) is 1.83. The van der Waals surface area contributed by atoms with E-state index in [4.69, 9.17) is 16.3 Å². The van der Waals surface area contributed by atoms with Crippen molar-refractivity contribution in [3.05, 3.63) is 70.3 Å². The van der Waals surface area contributed by atoms with Gasteiger partial charge in [0.2, 0.25) is 5.91 Å². The highest BCUT2D eigenvalue weighted by Gasteiger charge is 2.47. The van der Waals surface area contributed by atoms with Gasteiger partial charge in [-0.25, -0.2) is 4.72 Å². The maximum atomic E-state index is 14.1. The van der Waals surface area contributed by atoms with Gasteiger partial charge in [-0.3, -0.25) is 9.59 Å². The maximum Gasteiger partial charge on any atom is 0.303 e. The number of benzene rings is 2. The highest BCUT2D eigenvalue weighted by molar-refractivity contribution is 7.87. The van der Waals surface area contributed by atoms with E-state index in [9.17, 15) is 33.3 Å². The van der Waals surface area contributed by atoms with Crippen molar-refractivity contribution in [1.82, 2.24) is 13.9 Å². The number of rotatable bonds is 3. The second kappa shape index (κ2) is 14.6. The zero-order chi connectivity index (χ0) is 36.8. The number of aliphatic hydroxyl groups is 3. The van der Waals surface area contributed by atoms with Crippen molar-refractivity contribution in [2.75, 3.05) is 51.3 Å². The summed E-state index contributed by atoms with van der Waals surface area (Å²) in [6, 6.07) is 10.9. The fourth-order valence-electron chi connectivity index (χ4n) is 8.71. The van der Waals surface area contributed by atoms with Crippen molar-refractivity contribution in [2.45, 2.75) is 81.0 Å². The molecule has 5 aliphatic rings. The van der Waals surface area contributed by atoms with Crippen LogP contribution in [0.15, 0.2) is 48.6 Å². The van der Waals surface area contributed by atoms with Crippen molar-refractivity contribution >= 4 is 39.3 Å². The molecule has 1 saturated carbocycles. The summed E-state index contributed by atoms with van der Waals surface area (Å²) in [4.78, 5) is 31.4. The number of hydrogen-bond donors (Lipinski definition) is 4. The Bertz CT molecular complexity index is 1830. The maximum absolute atomic E-state index is 14.1. The van der Waals surface area contributed by atoms with Crippen molar-refractivity contribution in [3.8, 4) is 5.75 Å². The molecule has 3 aliphatic heterocycles. The number of carbonyl (C=O) groups excluding carboxylic acids is 2. The molecule has 4 N–H and O–H groups in total. The van der Waals surface area contributed by atoms with Gasteiger partial charge in [-0.15, -0.1) is 0 Å². The van der Waals surface area contributed by atoms with Crippen LogP contribution in [0.4, 0.5) is 5.69 Å². The summed E-state index contributed by atoms with van der Waals surface area (Å²) in [5, 5.41) is 34.2. The molecule has 282 valence electrons. The van der Waals surface area contributed by atoms with Gasteiger partial charge in [0.15, 0.2) is 5.60 Å². The number of aliphatic hydroxyl groups excluding tert-OH is 2. The van der Waals surface area contributed by atoms with E-state index in [0.717, 1.165) is 36.4 Å². The number of carbonyl (C=O) groups is 2. The zero-order valence-electron chi connectivity index (χ0n) is 29.5. The zero-order valence-corrected chi connectivity index (χ0v) is 31.1. The topological polar surface area (TPSA) is 160 Å². The highest BCUT2D eigenvalue weighted by atomic mass is 35.5. The second-order valence-electron chi connectivity index (χ2n) is 15.4. The third kappa shape index (κ3) is 7.20. The van der Waals surface area contributed by atoms with Gasteiger partial charge in [-0.05, 0) is 104 Å². The van der Waals surface area contributed by atoms with Crippen molar-refractivity contribution in [1.29, 1.82) is 0 Å². The van der Waals surface area contributed by atoms with E-state index in [1.165, 1.54) is 22.1 Å². The standard InChI is InChI=1S/C38H49ClN4O8S/c1-41-16-3-2-6-33(45)30-10-7-26(30)22-42-23-37(15-4-5-25-19-28(39)9-11-31(25)37)24-51-34-12-8-27(20-32(34)42)38(48,21-35(41)46)36(47)40-52(49,50)43-17-13-29(44)14-18-43/h2,6,8-9,11-12,19-20,26,29-30,33,44-45,48H,3-5,7,10,13-18,21-24H2,1H3,(H,40,47)/b6-2-/t26-,30+,33-,37-,38+/m0/s1. The number of halogens is 1. The molecule has 14 heteroatoms. The van der Waals surface area contributed by atoms with E-state index in [2.05, 4.69) is 15.7 Å². The Balaban J connectivity index is 1.31. The normalized spacial score (nSPS) is 31.1. The molecule has 5 atom stereocenters. The Labute approximate surface area is 310 Å². The lowest BCUT2D eigenvalue weighted by Gasteiger charge is -2.45. The van der Waals surface area contributed by atoms with E-state index in [1.807, 2.05) is 18.2 Å². The molecule has 0 radical (unpaired) electrons. The van der Waals surface area contributed by atoms with Gasteiger partial charge in [0, 0.05) is 50.2 Å². The fourth-order valence-corrected chi connectivity index (χ4v) is 10.1. The van der Waals surface area contributed by atoms with E-state index < -0.39 is 51.7 Å². The SMILES string of the molecule is CN1CC/C=C\[C@H](O)[C@@H]2CC[C@H]2CN2C[C@@]3(CCCc4cc(Cl)ccc43)COc3ccc(cc32)[C@@](O)(C(=O)NS(=O)(=O)N2CCC(O)CC2)CC1=O. The van der Waals surface area contributed by atoms with Gasteiger partial charge in [-0.1, -0.05) is 35.9 Å². The van der Waals surface area contributed by atoms with Gasteiger partial charge in [0.1, 0.15) is 5.75 Å². The summed E-state index contributed by atoms with van der Waals surface area (Å²) >= 11 is 6.44. The molecule has 0 aromatic heterocycles. The lowest BCUT2D eigenvalue weighted by Crippen LogP contribution is -2.54. The third-order valence-corrected chi connectivity index (χ3v) is 13.8. The summed E-state index contributed by atoms with van der Waals surface area (Å²) in [7, 11) is -2.84. The average molecular weight is 757 g/mol. The molecule has 2 aliphatic carbocycles. The molecule has 0 unspecified atom stereocenters. The molecular formula is C38H49ClN4O8S. The van der Waals surface area contributed by atoms with Crippen LogP contribution in [0.5, 0.6) is 5.75 Å². The minimum absolute atomic E-state index is 0.0104. The van der Waals surface area contributed by atoms with Crippen LogP contribution < -0.4 is 14.4 Å². The molecule has 7 rings (SSSR count). The molecule has 2 fully saturated rings. The molecule has 1 saturated heterocycles. The molecule has 2 bridgehead atoms. The Morgan fingerprint density at radius 3 is 2.60 bits per heavy atom. The van der Waals surface area contributed by atoms with Crippen LogP contribution in [0.25, 0.3) is 0 Å². The summed E-state index contributed by atoms with van der Waals surface area (Å²) in [5.74, 6) is -1.05. The molecule has 2 aromatic carbocycles. The first-order valence-electron chi connectivity index (χ1n) is 18.4. The number of nitrogens with zero attached hydrogens (tertiary/aromatic N) is 3. The van der Waals surface area contributed by atoms with Crippen molar-refractivity contribution in [3.63, 3.8) is 0 Å². The summed E-state index contributed by atoms with van der Waals surface area (Å²) in [6.07, 6.45) is 7.10. The number of piperidine rings is 1. The largest absolute Gasteiger partial charge is 0.490 e. The number of ether oxygens (including phenoxy) is 1. The number of amides is 2. The minimum atomic E-state index is -4.41. The van der Waals surface area contributed by atoms with Gasteiger partial charge >= 0.3 is 10.2 Å². The molecule has 52 heavy (non-hydrogen) atoms. The number of aryl methyl sites for hydroxylation is 1. The van der Waals surface area contributed by atoms with Gasteiger partial charge in [0.25, 0.3) is 5.91 Å². The first-order chi connectivity index (χ1) is 24.8. The molecule has 2 amide bonds. The number of hydrogen-bond acceptors (Lipinski definition) is 9. The van der Waals surface area contributed by atoms with Crippen LogP contribution in [-0.4, -0.2) is 103 Å². The second-order valence-corrected chi connectivity index (χ2v) is 17.5. The molecule has 3 heterocycles. The van der Waals surface area contributed by atoms with Gasteiger partial charge in [-0.2, -0.15) is 12.7 Å². The Morgan fingerprint density at radius 1 is 1.06 bits per heavy atom. The van der Waals surface area contributed by atoms with Crippen LogP contribution in [0, 0.1) is 11.8 Å². The molecule has 1 spiro atoms. The van der Waals surface area contributed by atoms with Crippen LogP contribution in [0.3, 0.4) is 0 Å². The minimum Gasteiger partial charge on any atom is -0.490 e. The number of fused-ring (bicyclic) bond motifs is 4. The molecular weight excluding hydrogens is 708 g/mol.